The maximum atomic E-state index is 13.9. The average molecular weight is 574 g/mol. The Morgan fingerprint density at radius 2 is 1.83 bits per heavy atom. The fourth-order valence-electron chi connectivity index (χ4n) is 5.99. The zero-order valence-electron chi connectivity index (χ0n) is 23.3. The molecule has 1 aliphatic carbocycles. The molecule has 2 aliphatic rings. The van der Waals surface area contributed by atoms with Crippen molar-refractivity contribution in [2.75, 3.05) is 23.3 Å². The van der Waals surface area contributed by atoms with Gasteiger partial charge in [-0.25, -0.2) is 0 Å². The molecule has 1 atom stereocenters. The predicted octanol–water partition coefficient (Wildman–Crippen LogP) is 6.17. The van der Waals surface area contributed by atoms with Crippen LogP contribution in [0.25, 0.3) is 22.2 Å². The number of nitrogens with one attached hydrogen (secondary N) is 1. The van der Waals surface area contributed by atoms with Gasteiger partial charge in [0.1, 0.15) is 11.3 Å². The molecule has 0 saturated carbocycles. The Kier molecular flexibility index (Phi) is 6.31. The normalized spacial score (nSPS) is 17.0. The molecule has 1 aliphatic heterocycles. The molecule has 41 heavy (non-hydrogen) atoms. The minimum absolute atomic E-state index is 0.133. The Hall–Kier alpha value is -4.02. The quantitative estimate of drug-likeness (QED) is 0.237. The maximum absolute atomic E-state index is 13.9. The molecule has 10 heteroatoms. The summed E-state index contributed by atoms with van der Waals surface area (Å²) in [5, 5.41) is 8.40. The van der Waals surface area contributed by atoms with Crippen LogP contribution in [0.1, 0.15) is 55.1 Å². The second-order valence-corrected chi connectivity index (χ2v) is 13.3. The molecule has 0 bridgehead atoms. The fourth-order valence-corrected chi connectivity index (χ4v) is 6.55. The largest absolute Gasteiger partial charge is 0.369 e. The third-order valence-electron chi connectivity index (χ3n) is 8.02. The number of fused-ring (bicyclic) bond motifs is 2. The second-order valence-electron chi connectivity index (χ2n) is 11.9. The molecule has 3 aromatic carbocycles. The van der Waals surface area contributed by atoms with Crippen LogP contribution in [0.2, 0.25) is 0 Å². The van der Waals surface area contributed by atoms with Crippen LogP contribution in [0, 0.1) is 18.3 Å². The van der Waals surface area contributed by atoms with Crippen molar-refractivity contribution in [3.8, 4) is 11.3 Å². The van der Waals surface area contributed by atoms with Crippen molar-refractivity contribution in [2.24, 2.45) is 11.3 Å². The molecule has 0 amide bonds. The van der Waals surface area contributed by atoms with E-state index in [1.807, 2.05) is 39.0 Å². The van der Waals surface area contributed by atoms with Crippen molar-refractivity contribution in [1.29, 1.82) is 0 Å². The summed E-state index contributed by atoms with van der Waals surface area (Å²) in [6.45, 7) is 8.79. The van der Waals surface area contributed by atoms with Gasteiger partial charge < -0.3 is 14.7 Å². The molecular formula is C31H31N3O6S. The monoisotopic (exact) mass is 573 g/mol. The molecule has 0 radical (unpaired) electrons. The third-order valence-corrected chi connectivity index (χ3v) is 8.87. The maximum Gasteiger partial charge on any atom is 0.294 e. The highest BCUT2D eigenvalue weighted by Gasteiger charge is 2.37. The van der Waals surface area contributed by atoms with Crippen molar-refractivity contribution in [2.45, 2.75) is 45.4 Å². The molecule has 1 saturated heterocycles. The smallest absolute Gasteiger partial charge is 0.294 e. The van der Waals surface area contributed by atoms with Crippen LogP contribution >= 0.6 is 0 Å². The summed E-state index contributed by atoms with van der Waals surface area (Å²) in [5.41, 5.74) is 4.10. The van der Waals surface area contributed by atoms with Crippen LogP contribution in [0.3, 0.4) is 0 Å². The van der Waals surface area contributed by atoms with Gasteiger partial charge in [-0.15, -0.1) is 0 Å². The number of Topliss-reactive ketones (excluding diaryl/α,β-unsaturated/α-hetero) is 1. The highest BCUT2D eigenvalue weighted by atomic mass is 32.2. The summed E-state index contributed by atoms with van der Waals surface area (Å²) in [4.78, 5) is 29.1. The van der Waals surface area contributed by atoms with Gasteiger partial charge in [0.2, 0.25) is 0 Å². The molecule has 1 fully saturated rings. The number of ketones is 2. The Balaban J connectivity index is 1.52. The van der Waals surface area contributed by atoms with Gasteiger partial charge in [0.25, 0.3) is 10.1 Å². The van der Waals surface area contributed by atoms with E-state index in [1.165, 1.54) is 12.1 Å². The van der Waals surface area contributed by atoms with Crippen LogP contribution in [-0.4, -0.2) is 42.8 Å². The second kappa shape index (κ2) is 9.53. The van der Waals surface area contributed by atoms with Crippen LogP contribution in [0.5, 0.6) is 0 Å². The molecule has 9 nitrogen and oxygen atoms in total. The van der Waals surface area contributed by atoms with E-state index >= 15 is 0 Å². The molecule has 1 unspecified atom stereocenters. The summed E-state index contributed by atoms with van der Waals surface area (Å²) in [6, 6.07) is 13.4. The molecule has 0 spiro atoms. The van der Waals surface area contributed by atoms with Crippen LogP contribution < -0.4 is 10.2 Å². The summed E-state index contributed by atoms with van der Waals surface area (Å²) in [5.74, 6) is 0.413. The number of carbonyl (C=O) groups is 2. The van der Waals surface area contributed by atoms with Crippen molar-refractivity contribution in [3.63, 3.8) is 0 Å². The van der Waals surface area contributed by atoms with E-state index in [9.17, 15) is 22.6 Å². The molecule has 212 valence electrons. The first-order chi connectivity index (χ1) is 19.3. The Bertz CT molecular complexity index is 1850. The zero-order chi connectivity index (χ0) is 29.3. The van der Waals surface area contributed by atoms with E-state index in [4.69, 9.17) is 4.52 Å². The highest BCUT2D eigenvalue weighted by Crippen LogP contribution is 2.47. The number of rotatable bonds is 5. The number of aryl methyl sites for hydroxylation is 1. The van der Waals surface area contributed by atoms with Crippen LogP contribution in [0.15, 0.2) is 57.9 Å². The lowest BCUT2D eigenvalue weighted by Crippen LogP contribution is -2.42. The van der Waals surface area contributed by atoms with Crippen molar-refractivity contribution >= 4 is 49.6 Å². The summed E-state index contributed by atoms with van der Waals surface area (Å²) >= 11 is 0. The van der Waals surface area contributed by atoms with E-state index in [0.29, 0.717) is 56.8 Å². The third kappa shape index (κ3) is 4.61. The number of benzene rings is 3. The first-order valence-electron chi connectivity index (χ1n) is 13.6. The van der Waals surface area contributed by atoms with Gasteiger partial charge >= 0.3 is 0 Å². The Morgan fingerprint density at radius 3 is 2.51 bits per heavy atom. The van der Waals surface area contributed by atoms with E-state index < -0.39 is 15.5 Å². The Labute approximate surface area is 238 Å². The van der Waals surface area contributed by atoms with Gasteiger partial charge in [-0.3, -0.25) is 14.1 Å². The van der Waals surface area contributed by atoms with Gasteiger partial charge in [0, 0.05) is 41.2 Å². The van der Waals surface area contributed by atoms with Gasteiger partial charge in [-0.05, 0) is 49.6 Å². The lowest BCUT2D eigenvalue weighted by Gasteiger charge is -2.36. The number of anilines is 3. The minimum atomic E-state index is -4.37. The highest BCUT2D eigenvalue weighted by molar-refractivity contribution is 7.85. The standard InChI is InChI=1S/C31H31N3O6S/c1-17-14-19(41(37,38)39)11-12-22(17)32-23-15-24(34-13-7-8-18(16-34)30(36)31(2,3)4)27-26-25(23)28(35)20-9-5-6-10-21(20)29(26)40-33-27/h5-6,9-12,14-15,18,32H,7-8,13,16H2,1-4H3,(H,37,38,39). The van der Waals surface area contributed by atoms with Gasteiger partial charge in [-0.1, -0.05) is 50.2 Å². The molecule has 2 heterocycles. The summed E-state index contributed by atoms with van der Waals surface area (Å²) < 4.78 is 38.7. The minimum Gasteiger partial charge on any atom is -0.369 e. The van der Waals surface area contributed by atoms with E-state index in [0.717, 1.165) is 25.1 Å². The fraction of sp³-hybridized carbons (Fsp3) is 0.323. The SMILES string of the molecule is Cc1cc(S(=O)(=O)O)ccc1Nc1cc(N2CCCC(C(=O)C(C)(C)C)C2)c2noc3c2c1C(=O)c1ccccc1-3. The van der Waals surface area contributed by atoms with Crippen LogP contribution in [0.4, 0.5) is 17.1 Å². The van der Waals surface area contributed by atoms with Gasteiger partial charge in [0.15, 0.2) is 11.5 Å². The van der Waals surface area contributed by atoms with E-state index in [1.54, 1.807) is 25.1 Å². The number of carbonyl (C=O) groups excluding carboxylic acids is 2. The molecule has 1 aromatic heterocycles. The van der Waals surface area contributed by atoms with Crippen LogP contribution in [-0.2, 0) is 14.9 Å². The molecule has 4 aromatic rings. The average Bonchev–Trinajstić information content (AvgIpc) is 3.37. The molecule has 6 rings (SSSR count). The summed E-state index contributed by atoms with van der Waals surface area (Å²) in [7, 11) is -4.37. The van der Waals surface area contributed by atoms with Crippen molar-refractivity contribution in [3.05, 3.63) is 65.2 Å². The topological polar surface area (TPSA) is 130 Å². The number of nitrogens with zero attached hydrogens (tertiary/aromatic N) is 2. The van der Waals surface area contributed by atoms with Gasteiger partial charge in [0.05, 0.1) is 27.2 Å². The van der Waals surface area contributed by atoms with Crippen molar-refractivity contribution in [1.82, 2.24) is 5.16 Å². The number of aromatic nitrogens is 1. The first kappa shape index (κ1) is 27.2. The number of piperidine rings is 1. The Morgan fingerprint density at radius 1 is 1.10 bits per heavy atom. The lowest BCUT2D eigenvalue weighted by atomic mass is 9.79. The van der Waals surface area contributed by atoms with Gasteiger partial charge in [-0.2, -0.15) is 8.42 Å². The van der Waals surface area contributed by atoms with E-state index in [-0.39, 0.29) is 22.4 Å². The van der Waals surface area contributed by atoms with E-state index in [2.05, 4.69) is 15.4 Å². The van der Waals surface area contributed by atoms with Crippen molar-refractivity contribution < 1.29 is 27.1 Å². The molecule has 2 N–H and O–H groups in total. The number of hydrogen-bond donors (Lipinski definition) is 2. The zero-order valence-corrected chi connectivity index (χ0v) is 24.1. The number of hydrogen-bond acceptors (Lipinski definition) is 8. The first-order valence-corrected chi connectivity index (χ1v) is 15.0. The summed E-state index contributed by atoms with van der Waals surface area (Å²) in [6.07, 6.45) is 1.65. The lowest BCUT2D eigenvalue weighted by molar-refractivity contribution is -0.130. The molecular weight excluding hydrogens is 542 g/mol. The predicted molar refractivity (Wildman–Crippen MR) is 157 cm³/mol.